The molecule has 0 aromatic heterocycles. The van der Waals surface area contributed by atoms with Crippen molar-refractivity contribution in [2.75, 3.05) is 5.32 Å². The summed E-state index contributed by atoms with van der Waals surface area (Å²) in [5.41, 5.74) is 2.75. The maximum atomic E-state index is 12.5. The average molecular weight is 387 g/mol. The van der Waals surface area contributed by atoms with Crippen LogP contribution in [0.4, 0.5) is 5.69 Å². The van der Waals surface area contributed by atoms with Crippen molar-refractivity contribution in [2.45, 2.75) is 20.0 Å². The average Bonchev–Trinajstić information content (AvgIpc) is 2.74. The molecule has 0 aliphatic heterocycles. The number of anilines is 1. The molecule has 5 nitrogen and oxygen atoms in total. The summed E-state index contributed by atoms with van der Waals surface area (Å²) in [6.45, 7) is 3.47. The van der Waals surface area contributed by atoms with Crippen molar-refractivity contribution in [3.05, 3.63) is 101 Å². The topological polar surface area (TPSA) is 72.5 Å². The SMILES string of the molecule is Cc1ccc(C(=O)[C@@H](C)OC(=O)c2cccc(NC(=O)c3ccccc3)c2)cc1. The van der Waals surface area contributed by atoms with Gasteiger partial charge in [0.25, 0.3) is 5.91 Å². The first kappa shape index (κ1) is 20.0. The number of aryl methyl sites for hydroxylation is 1. The quantitative estimate of drug-likeness (QED) is 0.493. The number of rotatable bonds is 6. The molecule has 1 atom stereocenters. The molecule has 3 rings (SSSR count). The molecule has 0 spiro atoms. The smallest absolute Gasteiger partial charge is 0.338 e. The van der Waals surface area contributed by atoms with Crippen LogP contribution in [0.5, 0.6) is 0 Å². The molecule has 0 radical (unpaired) electrons. The summed E-state index contributed by atoms with van der Waals surface area (Å²) in [5.74, 6) is -1.18. The normalized spacial score (nSPS) is 11.4. The van der Waals surface area contributed by atoms with E-state index in [0.29, 0.717) is 16.8 Å². The Morgan fingerprint density at radius 2 is 1.45 bits per heavy atom. The van der Waals surface area contributed by atoms with Gasteiger partial charge in [0.15, 0.2) is 6.10 Å². The molecule has 3 aromatic rings. The molecule has 0 saturated carbocycles. The summed E-state index contributed by atoms with van der Waals surface area (Å²) in [6.07, 6.45) is -0.923. The fraction of sp³-hybridized carbons (Fsp3) is 0.125. The number of Topliss-reactive ketones (excluding diaryl/α,β-unsaturated/α-hetero) is 1. The Labute approximate surface area is 169 Å². The summed E-state index contributed by atoms with van der Waals surface area (Å²) < 4.78 is 5.33. The second kappa shape index (κ2) is 8.97. The van der Waals surface area contributed by atoms with E-state index in [9.17, 15) is 14.4 Å². The Morgan fingerprint density at radius 1 is 0.793 bits per heavy atom. The lowest BCUT2D eigenvalue weighted by molar-refractivity contribution is 0.0319. The van der Waals surface area contributed by atoms with Gasteiger partial charge in [-0.1, -0.05) is 54.1 Å². The maximum absolute atomic E-state index is 12.5. The highest BCUT2D eigenvalue weighted by Crippen LogP contribution is 2.15. The van der Waals surface area contributed by atoms with Crippen LogP contribution in [0.1, 0.15) is 43.6 Å². The minimum absolute atomic E-state index is 0.249. The monoisotopic (exact) mass is 387 g/mol. The molecule has 0 heterocycles. The van der Waals surface area contributed by atoms with Gasteiger partial charge in [0.05, 0.1) is 5.56 Å². The Kier molecular flexibility index (Phi) is 6.19. The van der Waals surface area contributed by atoms with Crippen molar-refractivity contribution >= 4 is 23.3 Å². The predicted octanol–water partition coefficient (Wildman–Crippen LogP) is 4.68. The fourth-order valence-corrected chi connectivity index (χ4v) is 2.75. The van der Waals surface area contributed by atoms with Crippen molar-refractivity contribution in [1.82, 2.24) is 0 Å². The van der Waals surface area contributed by atoms with Crippen LogP contribution in [0.2, 0.25) is 0 Å². The maximum Gasteiger partial charge on any atom is 0.338 e. The van der Waals surface area contributed by atoms with Crippen molar-refractivity contribution in [2.24, 2.45) is 0 Å². The molecular formula is C24H21NO4. The highest BCUT2D eigenvalue weighted by Gasteiger charge is 2.20. The molecule has 5 heteroatoms. The van der Waals surface area contributed by atoms with Crippen molar-refractivity contribution in [3.8, 4) is 0 Å². The largest absolute Gasteiger partial charge is 0.451 e. The number of hydrogen-bond donors (Lipinski definition) is 1. The molecule has 0 fully saturated rings. The fourth-order valence-electron chi connectivity index (χ4n) is 2.75. The number of amides is 1. The Balaban J connectivity index is 1.66. The van der Waals surface area contributed by atoms with Crippen molar-refractivity contribution < 1.29 is 19.1 Å². The van der Waals surface area contributed by atoms with E-state index in [-0.39, 0.29) is 17.3 Å². The van der Waals surface area contributed by atoms with Gasteiger partial charge in [-0.25, -0.2) is 4.79 Å². The molecule has 3 aromatic carbocycles. The van der Waals surface area contributed by atoms with Gasteiger partial charge in [-0.3, -0.25) is 9.59 Å². The number of esters is 1. The number of ether oxygens (including phenoxy) is 1. The van der Waals surface area contributed by atoms with Crippen LogP contribution in [0, 0.1) is 6.92 Å². The molecular weight excluding hydrogens is 366 g/mol. The lowest BCUT2D eigenvalue weighted by Crippen LogP contribution is -2.24. The summed E-state index contributed by atoms with van der Waals surface area (Å²) in [7, 11) is 0. The third kappa shape index (κ3) is 5.17. The standard InChI is InChI=1S/C24H21NO4/c1-16-11-13-18(14-12-16)22(26)17(2)29-24(28)20-9-6-10-21(15-20)25-23(27)19-7-4-3-5-8-19/h3-15,17H,1-2H3,(H,25,27)/t17-/m1/s1. The van der Waals surface area contributed by atoms with E-state index in [1.54, 1.807) is 61.5 Å². The van der Waals surface area contributed by atoms with E-state index in [1.165, 1.54) is 6.07 Å². The predicted molar refractivity (Wildman–Crippen MR) is 111 cm³/mol. The zero-order valence-electron chi connectivity index (χ0n) is 16.2. The van der Waals surface area contributed by atoms with Gasteiger partial charge in [-0.2, -0.15) is 0 Å². The first-order valence-corrected chi connectivity index (χ1v) is 9.22. The Hall–Kier alpha value is -3.73. The highest BCUT2D eigenvalue weighted by molar-refractivity contribution is 6.05. The van der Waals surface area contributed by atoms with Crippen molar-refractivity contribution in [1.29, 1.82) is 0 Å². The summed E-state index contributed by atoms with van der Waals surface area (Å²) >= 11 is 0. The Bertz CT molecular complexity index is 1030. The number of nitrogens with one attached hydrogen (secondary N) is 1. The van der Waals surface area contributed by atoms with E-state index < -0.39 is 12.1 Å². The third-order valence-electron chi connectivity index (χ3n) is 4.38. The molecule has 1 N–H and O–H groups in total. The zero-order chi connectivity index (χ0) is 20.8. The van der Waals surface area contributed by atoms with Gasteiger partial charge in [0.1, 0.15) is 0 Å². The first-order valence-electron chi connectivity index (χ1n) is 9.22. The van der Waals surface area contributed by atoms with E-state index in [1.807, 2.05) is 25.1 Å². The number of benzene rings is 3. The van der Waals surface area contributed by atoms with Crippen LogP contribution in [0.3, 0.4) is 0 Å². The van der Waals surface area contributed by atoms with Crippen LogP contribution in [-0.2, 0) is 4.74 Å². The lowest BCUT2D eigenvalue weighted by atomic mass is 10.1. The van der Waals surface area contributed by atoms with E-state index in [0.717, 1.165) is 5.56 Å². The third-order valence-corrected chi connectivity index (χ3v) is 4.38. The molecule has 0 unspecified atom stereocenters. The van der Waals surface area contributed by atoms with Gasteiger partial charge in [0.2, 0.25) is 5.78 Å². The molecule has 0 saturated heterocycles. The van der Waals surface area contributed by atoms with Gasteiger partial charge in [-0.05, 0) is 44.2 Å². The second-order valence-corrected chi connectivity index (χ2v) is 6.68. The second-order valence-electron chi connectivity index (χ2n) is 6.68. The van der Waals surface area contributed by atoms with Gasteiger partial charge in [-0.15, -0.1) is 0 Å². The van der Waals surface area contributed by atoms with Crippen LogP contribution in [-0.4, -0.2) is 23.8 Å². The van der Waals surface area contributed by atoms with Crippen LogP contribution in [0.25, 0.3) is 0 Å². The Morgan fingerprint density at radius 3 is 2.14 bits per heavy atom. The van der Waals surface area contributed by atoms with E-state index >= 15 is 0 Å². The minimum atomic E-state index is -0.923. The van der Waals surface area contributed by atoms with Crippen LogP contribution >= 0.6 is 0 Å². The number of ketones is 1. The molecule has 146 valence electrons. The minimum Gasteiger partial charge on any atom is -0.451 e. The van der Waals surface area contributed by atoms with Crippen molar-refractivity contribution in [3.63, 3.8) is 0 Å². The van der Waals surface area contributed by atoms with E-state index in [2.05, 4.69) is 5.32 Å². The zero-order valence-corrected chi connectivity index (χ0v) is 16.2. The van der Waals surface area contributed by atoms with Crippen LogP contribution < -0.4 is 5.32 Å². The molecule has 0 aliphatic rings. The van der Waals surface area contributed by atoms with Crippen LogP contribution in [0.15, 0.2) is 78.9 Å². The lowest BCUT2D eigenvalue weighted by Gasteiger charge is -2.13. The number of carbonyl (C=O) groups excluding carboxylic acids is 3. The van der Waals surface area contributed by atoms with Gasteiger partial charge in [0, 0.05) is 16.8 Å². The van der Waals surface area contributed by atoms with E-state index in [4.69, 9.17) is 4.74 Å². The number of hydrogen-bond acceptors (Lipinski definition) is 4. The molecule has 29 heavy (non-hydrogen) atoms. The summed E-state index contributed by atoms with van der Waals surface area (Å²) in [4.78, 5) is 37.2. The highest BCUT2D eigenvalue weighted by atomic mass is 16.5. The first-order chi connectivity index (χ1) is 13.9. The summed E-state index contributed by atoms with van der Waals surface area (Å²) in [6, 6.07) is 22.3. The molecule has 0 aliphatic carbocycles. The summed E-state index contributed by atoms with van der Waals surface area (Å²) in [5, 5.41) is 2.75. The molecule has 1 amide bonds. The van der Waals surface area contributed by atoms with Gasteiger partial charge < -0.3 is 10.1 Å². The molecule has 0 bridgehead atoms. The number of carbonyl (C=O) groups is 3. The van der Waals surface area contributed by atoms with Gasteiger partial charge >= 0.3 is 5.97 Å².